The number of nitro groups is 2. The van der Waals surface area contributed by atoms with E-state index in [-0.39, 0.29) is 46.0 Å². The Morgan fingerprint density at radius 1 is 1.02 bits per heavy atom. The molecule has 4 amide bonds. The lowest BCUT2D eigenvalue weighted by Crippen LogP contribution is -2.60. The van der Waals surface area contributed by atoms with Gasteiger partial charge in [0.15, 0.2) is 26.9 Å². The van der Waals surface area contributed by atoms with Crippen LogP contribution in [0.15, 0.2) is 35.9 Å². The number of likely N-dealkylation sites (tertiary alicyclic amines) is 1. The van der Waals surface area contributed by atoms with E-state index in [2.05, 4.69) is 15.9 Å². The Morgan fingerprint density at radius 3 is 2.16 bits per heavy atom. The van der Waals surface area contributed by atoms with Crippen molar-refractivity contribution in [1.82, 2.24) is 4.90 Å². The average molecular weight is 802 g/mol. The number of hydrogen-bond donors (Lipinski definition) is 1. The summed E-state index contributed by atoms with van der Waals surface area (Å²) < 4.78 is 5.29. The van der Waals surface area contributed by atoms with Gasteiger partial charge >= 0.3 is 11.4 Å². The molecule has 6 atom stereocenters. The zero-order valence-corrected chi connectivity index (χ0v) is 29.5. The second-order valence-electron chi connectivity index (χ2n) is 12.3. The maximum Gasteiger partial charge on any atom is 0.301 e. The number of benzene rings is 2. The molecule has 0 aromatic heterocycles. The number of ether oxygens (including phenoxy) is 1. The number of aromatic hydroxyl groups is 1. The highest BCUT2D eigenvalue weighted by Crippen LogP contribution is 2.66. The molecule has 19 heteroatoms. The molecule has 2 saturated heterocycles. The molecule has 6 rings (SSSR count). The number of anilines is 2. The van der Waals surface area contributed by atoms with Gasteiger partial charge in [-0.1, -0.05) is 39.2 Å². The van der Waals surface area contributed by atoms with Crippen molar-refractivity contribution in [2.75, 3.05) is 36.5 Å². The van der Waals surface area contributed by atoms with E-state index in [0.29, 0.717) is 10.5 Å². The quantitative estimate of drug-likeness (QED) is 0.100. The van der Waals surface area contributed by atoms with Crippen LogP contribution in [0.5, 0.6) is 11.5 Å². The minimum atomic E-state index is -2.16. The van der Waals surface area contributed by atoms with E-state index in [9.17, 15) is 44.5 Å². The van der Waals surface area contributed by atoms with E-state index in [1.807, 2.05) is 0 Å². The molecule has 15 nitrogen and oxygen atoms in total. The first-order valence-corrected chi connectivity index (χ1v) is 16.8. The van der Waals surface area contributed by atoms with Gasteiger partial charge < -0.3 is 14.7 Å². The minimum absolute atomic E-state index is 0.0520. The molecule has 49 heavy (non-hydrogen) atoms. The predicted molar refractivity (Wildman–Crippen MR) is 180 cm³/mol. The van der Waals surface area contributed by atoms with E-state index < -0.39 is 84.0 Å². The van der Waals surface area contributed by atoms with Crippen molar-refractivity contribution in [2.45, 2.75) is 28.5 Å². The van der Waals surface area contributed by atoms with Gasteiger partial charge in [-0.3, -0.25) is 44.3 Å². The lowest BCUT2D eigenvalue weighted by atomic mass is 9.56. The van der Waals surface area contributed by atoms with Crippen molar-refractivity contribution >= 4 is 97.1 Å². The van der Waals surface area contributed by atoms with Crippen LogP contribution in [0.2, 0.25) is 5.02 Å². The number of phenols is 1. The number of carbonyl (C=O) groups excluding carboxylic acids is 4. The van der Waals surface area contributed by atoms with Gasteiger partial charge in [-0.25, -0.2) is 4.90 Å². The van der Waals surface area contributed by atoms with Crippen LogP contribution >= 0.6 is 50.7 Å². The topological polar surface area (TPSA) is 194 Å². The van der Waals surface area contributed by atoms with Gasteiger partial charge in [-0.15, -0.1) is 23.2 Å². The van der Waals surface area contributed by atoms with Crippen LogP contribution in [0.25, 0.3) is 0 Å². The van der Waals surface area contributed by atoms with Crippen molar-refractivity contribution in [2.24, 2.45) is 17.8 Å². The Balaban J connectivity index is 1.53. The number of rotatable bonds is 7. The van der Waals surface area contributed by atoms with E-state index in [4.69, 9.17) is 39.5 Å². The van der Waals surface area contributed by atoms with E-state index >= 15 is 0 Å². The van der Waals surface area contributed by atoms with Crippen molar-refractivity contribution in [1.29, 1.82) is 0 Å². The Labute approximate surface area is 300 Å². The number of hydrogen-bond acceptors (Lipinski definition) is 11. The molecule has 1 N–H and O–H groups in total. The maximum atomic E-state index is 14.4. The van der Waals surface area contributed by atoms with Crippen LogP contribution < -0.4 is 14.5 Å². The molecule has 2 aliphatic carbocycles. The fourth-order valence-electron chi connectivity index (χ4n) is 7.75. The number of nitrogens with zero attached hydrogens (tertiary/aromatic N) is 5. The summed E-state index contributed by atoms with van der Waals surface area (Å²) in [7, 11) is 4.04. The summed E-state index contributed by atoms with van der Waals surface area (Å²) in [5.41, 5.74) is -1.72. The van der Waals surface area contributed by atoms with Gasteiger partial charge in [0.1, 0.15) is 0 Å². The number of halogens is 4. The van der Waals surface area contributed by atoms with Crippen LogP contribution in [0, 0.1) is 38.0 Å². The zero-order chi connectivity index (χ0) is 36.1. The number of phenolic OH excluding ortho intramolecular Hbond substituents is 1. The Hall–Kier alpha value is -3.99. The Morgan fingerprint density at radius 2 is 1.63 bits per heavy atom. The van der Waals surface area contributed by atoms with E-state index in [0.717, 1.165) is 17.0 Å². The third-order valence-electron chi connectivity index (χ3n) is 9.77. The Bertz CT molecular complexity index is 1910. The Kier molecular flexibility index (Phi) is 8.40. The van der Waals surface area contributed by atoms with Crippen LogP contribution in [-0.2, 0) is 19.2 Å². The average Bonchev–Trinajstić information content (AvgIpc) is 3.38. The highest BCUT2D eigenvalue weighted by molar-refractivity contribution is 9.09. The molecule has 0 radical (unpaired) electrons. The second-order valence-corrected chi connectivity index (χ2v) is 14.4. The van der Waals surface area contributed by atoms with Gasteiger partial charge in [0, 0.05) is 32.1 Å². The molecule has 1 saturated carbocycles. The summed E-state index contributed by atoms with van der Waals surface area (Å²) in [6, 6.07) is 4.58. The molecule has 6 unspecified atom stereocenters. The van der Waals surface area contributed by atoms with Crippen LogP contribution in [0.1, 0.15) is 24.3 Å². The summed E-state index contributed by atoms with van der Waals surface area (Å²) in [6.45, 7) is 0. The fourth-order valence-corrected chi connectivity index (χ4v) is 9.40. The number of allylic oxidation sites excluding steroid dienone is 2. The molecule has 2 aromatic rings. The van der Waals surface area contributed by atoms with Gasteiger partial charge in [0.2, 0.25) is 11.8 Å². The third-order valence-corrected chi connectivity index (χ3v) is 12.0. The van der Waals surface area contributed by atoms with Crippen molar-refractivity contribution in [3.05, 3.63) is 66.7 Å². The molecule has 0 spiro atoms. The summed E-state index contributed by atoms with van der Waals surface area (Å²) in [5.74, 6) is -8.18. The molecule has 0 bridgehead atoms. The highest BCUT2D eigenvalue weighted by atomic mass is 79.9. The fraction of sp³-hybridized carbons (Fsp3) is 0.400. The lowest BCUT2D eigenvalue weighted by Gasteiger charge is -2.50. The number of methoxy groups -OCH3 is 1. The molecule has 4 aliphatic rings. The van der Waals surface area contributed by atoms with Gasteiger partial charge in [0.05, 0.1) is 45.0 Å². The molecule has 258 valence electrons. The normalized spacial score (nSPS) is 29.0. The number of amides is 4. The monoisotopic (exact) mass is 799 g/mol. The highest BCUT2D eigenvalue weighted by Gasteiger charge is 2.76. The molecule has 2 aromatic carbocycles. The van der Waals surface area contributed by atoms with E-state index in [1.54, 1.807) is 6.08 Å². The SMILES string of the molecule is COc1cc(C2C3=CCC4C(=O)N(c5cc([N+](=O)[O-])c(N(C)C)c([N+](=O)[O-])c5)C(=O)C4C3CC3(Cl)C(=O)N(CBr)C(=O)C23Cl)cc(Cl)c1O. The van der Waals surface area contributed by atoms with Crippen LogP contribution in [-0.4, -0.2) is 79.9 Å². The number of imide groups is 2. The summed E-state index contributed by atoms with van der Waals surface area (Å²) in [6.07, 6.45) is 1.24. The first kappa shape index (κ1) is 34.9. The lowest BCUT2D eigenvalue weighted by molar-refractivity contribution is -0.392. The first-order valence-electron chi connectivity index (χ1n) is 14.5. The van der Waals surface area contributed by atoms with Crippen molar-refractivity contribution in [3.63, 3.8) is 0 Å². The van der Waals surface area contributed by atoms with Gasteiger partial charge in [-0.05, 0) is 36.5 Å². The summed E-state index contributed by atoms with van der Waals surface area (Å²) in [5, 5.41) is 34.4. The molecule has 2 aliphatic heterocycles. The van der Waals surface area contributed by atoms with Gasteiger partial charge in [0.25, 0.3) is 11.8 Å². The molecular weight excluding hydrogens is 777 g/mol. The van der Waals surface area contributed by atoms with Crippen molar-refractivity contribution < 1.29 is 38.9 Å². The third kappa shape index (κ3) is 4.67. The number of fused-ring (bicyclic) bond motifs is 4. The summed E-state index contributed by atoms with van der Waals surface area (Å²) in [4.78, 5) is 77.0. The van der Waals surface area contributed by atoms with Gasteiger partial charge in [-0.2, -0.15) is 0 Å². The molecule has 2 heterocycles. The van der Waals surface area contributed by atoms with Crippen LogP contribution in [0.4, 0.5) is 22.7 Å². The van der Waals surface area contributed by atoms with Crippen molar-refractivity contribution in [3.8, 4) is 11.5 Å². The number of nitro benzene ring substituents is 2. The predicted octanol–water partition coefficient (Wildman–Crippen LogP) is 4.85. The minimum Gasteiger partial charge on any atom is -0.503 e. The number of carbonyl (C=O) groups is 4. The maximum absolute atomic E-state index is 14.4. The summed E-state index contributed by atoms with van der Waals surface area (Å²) >= 11 is 23.9. The second kappa shape index (κ2) is 11.8. The molecule has 3 fully saturated rings. The van der Waals surface area contributed by atoms with E-state index in [1.165, 1.54) is 38.2 Å². The standard InChI is InChI=1S/C30H25BrCl3N5O10/c1-35(2)23-18(38(45)46)8-13(9-19(23)39(47)48)37-25(41)15-5-4-14-16(21(15)26(37)42)10-29(33)27(43)36(11-31)28(44)30(29,34)22(14)12-6-17(32)24(40)20(7-12)49-3/h4,6-9,15-16,21-22,40H,5,10-11H2,1-3H3. The number of alkyl halides is 3. The molecular formula is C30H25BrCl3N5O10. The largest absolute Gasteiger partial charge is 0.503 e. The smallest absolute Gasteiger partial charge is 0.301 e. The zero-order valence-electron chi connectivity index (χ0n) is 25.7. The van der Waals surface area contributed by atoms with Crippen LogP contribution in [0.3, 0.4) is 0 Å². The first-order chi connectivity index (χ1) is 23.0.